The second-order valence-electron chi connectivity index (χ2n) is 16.5. The summed E-state index contributed by atoms with van der Waals surface area (Å²) >= 11 is 1.02. The van der Waals surface area contributed by atoms with Crippen LogP contribution < -0.4 is 19.7 Å². The number of pyridine rings is 1. The number of aryl methyl sites for hydroxylation is 1. The molecule has 2 heterocycles. The first-order valence-electron chi connectivity index (χ1n) is 20.6. The SMILES string of the molecule is Cc1cc2c(cc1/C(=N\OCCOCCOCCOc1cccc(N(C)CCOc3ccc(CC4SC(=O)NC4=O)cc3)n1)c1ccc(C(=O)O)cc1)C(C)(C)CCC2(C)C. The minimum absolute atomic E-state index is 0.00586. The summed E-state index contributed by atoms with van der Waals surface area (Å²) in [4.78, 5) is 47.2. The molecule has 1 aliphatic heterocycles. The van der Waals surface area contributed by atoms with Gasteiger partial charge in [-0.1, -0.05) is 81.0 Å². The average molecular weight is 853 g/mol. The smallest absolute Gasteiger partial charge is 0.335 e. The van der Waals surface area contributed by atoms with Crippen LogP contribution in [0.5, 0.6) is 11.6 Å². The first-order chi connectivity index (χ1) is 29.2. The van der Waals surface area contributed by atoms with Crippen LogP contribution in [0.25, 0.3) is 0 Å². The van der Waals surface area contributed by atoms with Gasteiger partial charge in [0, 0.05) is 24.2 Å². The number of benzene rings is 3. The molecule has 1 aliphatic carbocycles. The van der Waals surface area contributed by atoms with Crippen molar-refractivity contribution in [2.45, 2.75) is 70.0 Å². The average Bonchev–Trinajstić information content (AvgIpc) is 3.56. The first-order valence-corrected chi connectivity index (χ1v) is 21.5. The number of rotatable bonds is 21. The number of carbonyl (C=O) groups excluding carboxylic acids is 2. The zero-order chi connectivity index (χ0) is 43.6. The van der Waals surface area contributed by atoms with Gasteiger partial charge in [0.05, 0.1) is 43.8 Å². The highest BCUT2D eigenvalue weighted by Crippen LogP contribution is 2.46. The second-order valence-corrected chi connectivity index (χ2v) is 17.7. The number of anilines is 1. The maximum Gasteiger partial charge on any atom is 0.335 e. The largest absolute Gasteiger partial charge is 0.492 e. The third kappa shape index (κ3) is 12.1. The lowest BCUT2D eigenvalue weighted by Gasteiger charge is -2.42. The molecule has 1 atom stereocenters. The van der Waals surface area contributed by atoms with Gasteiger partial charge < -0.3 is 33.8 Å². The summed E-state index contributed by atoms with van der Waals surface area (Å²) in [5, 5.41) is 15.7. The Morgan fingerprint density at radius 3 is 2.13 bits per heavy atom. The number of oxime groups is 1. The Morgan fingerprint density at radius 1 is 0.836 bits per heavy atom. The summed E-state index contributed by atoms with van der Waals surface area (Å²) in [6.45, 7) is 14.3. The Kier molecular flexibility index (Phi) is 15.1. The Balaban J connectivity index is 0.899. The van der Waals surface area contributed by atoms with E-state index in [1.165, 1.54) is 11.1 Å². The van der Waals surface area contributed by atoms with Crippen LogP contribution in [-0.4, -0.2) is 98.0 Å². The summed E-state index contributed by atoms with van der Waals surface area (Å²) in [6.07, 6.45) is 2.68. The van der Waals surface area contributed by atoms with Crippen LogP contribution in [0.3, 0.4) is 0 Å². The van der Waals surface area contributed by atoms with Crippen molar-refractivity contribution in [2.24, 2.45) is 5.16 Å². The molecule has 2 amide bonds. The van der Waals surface area contributed by atoms with Gasteiger partial charge in [-0.15, -0.1) is 0 Å². The summed E-state index contributed by atoms with van der Waals surface area (Å²) in [5.41, 5.74) is 7.36. The number of ether oxygens (including phenoxy) is 4. The maximum atomic E-state index is 11.8. The number of carboxylic acid groups (broad SMARTS) is 1. The molecule has 2 aliphatic rings. The fourth-order valence-electron chi connectivity index (χ4n) is 7.31. The van der Waals surface area contributed by atoms with E-state index < -0.39 is 11.2 Å². The first kappa shape index (κ1) is 45.1. The highest BCUT2D eigenvalue weighted by Gasteiger charge is 2.38. The molecular weight excluding hydrogens is 797 g/mol. The van der Waals surface area contributed by atoms with Crippen LogP contribution in [0.15, 0.2) is 84.0 Å². The standard InChI is InChI=1S/C47H56N4O9S/c1-31-28-37-38(47(4,5)19-18-46(37,2)3)30-36(31)42(33-12-14-34(15-13-33)44(53)54)50-60-27-25-57-23-22-56-24-26-59-41-9-7-8-40(48-41)51(6)20-21-58-35-16-10-32(11-17-35)29-39-43(52)49-45(55)61-39/h7-17,28,30,39H,18-27,29H2,1-6H3,(H,53,54)(H,49,52,55)/b50-42-. The van der Waals surface area contributed by atoms with Crippen LogP contribution in [0.4, 0.5) is 10.6 Å². The topological polar surface area (TPSA) is 158 Å². The van der Waals surface area contributed by atoms with Crippen LogP contribution in [0, 0.1) is 6.92 Å². The van der Waals surface area contributed by atoms with Gasteiger partial charge in [0.25, 0.3) is 5.24 Å². The monoisotopic (exact) mass is 852 g/mol. The predicted octanol–water partition coefficient (Wildman–Crippen LogP) is 7.73. The van der Waals surface area contributed by atoms with Crippen LogP contribution in [0.2, 0.25) is 0 Å². The van der Waals surface area contributed by atoms with E-state index in [4.69, 9.17) is 23.8 Å². The van der Waals surface area contributed by atoms with E-state index in [1.54, 1.807) is 30.3 Å². The number of likely N-dealkylation sites (N-methyl/N-ethyl adjacent to an activating group) is 1. The van der Waals surface area contributed by atoms with E-state index >= 15 is 0 Å². The van der Waals surface area contributed by atoms with Crippen molar-refractivity contribution in [2.75, 3.05) is 64.7 Å². The molecular formula is C47H56N4O9S. The summed E-state index contributed by atoms with van der Waals surface area (Å²) in [7, 11) is 1.93. The minimum Gasteiger partial charge on any atom is -0.492 e. The molecule has 61 heavy (non-hydrogen) atoms. The predicted molar refractivity (Wildman–Crippen MR) is 237 cm³/mol. The molecule has 2 N–H and O–H groups in total. The number of thioether (sulfide) groups is 1. The third-order valence-corrected chi connectivity index (χ3v) is 12.1. The number of fused-ring (bicyclic) bond motifs is 1. The van der Waals surface area contributed by atoms with Gasteiger partial charge in [0.15, 0.2) is 0 Å². The van der Waals surface area contributed by atoms with E-state index in [9.17, 15) is 19.5 Å². The van der Waals surface area contributed by atoms with E-state index in [-0.39, 0.29) is 34.1 Å². The van der Waals surface area contributed by atoms with Crippen molar-refractivity contribution in [3.8, 4) is 11.6 Å². The van der Waals surface area contributed by atoms with E-state index in [1.807, 2.05) is 48.3 Å². The van der Waals surface area contributed by atoms with Gasteiger partial charge in [-0.05, 0) is 95.7 Å². The van der Waals surface area contributed by atoms with Crippen molar-refractivity contribution in [3.63, 3.8) is 0 Å². The van der Waals surface area contributed by atoms with Gasteiger partial charge in [0.2, 0.25) is 11.8 Å². The molecule has 3 aromatic carbocycles. The van der Waals surface area contributed by atoms with E-state index in [0.717, 1.165) is 52.7 Å². The number of hydrogen-bond donors (Lipinski definition) is 2. The summed E-state index contributed by atoms with van der Waals surface area (Å²) in [5.74, 6) is 0.722. The molecule has 14 heteroatoms. The maximum absolute atomic E-state index is 11.8. The molecule has 0 spiro atoms. The highest BCUT2D eigenvalue weighted by atomic mass is 32.2. The number of nitrogens with zero attached hydrogens (tertiary/aromatic N) is 3. The second kappa shape index (κ2) is 20.4. The highest BCUT2D eigenvalue weighted by molar-refractivity contribution is 8.15. The molecule has 1 aromatic heterocycles. The van der Waals surface area contributed by atoms with Crippen LogP contribution in [-0.2, 0) is 36.4 Å². The zero-order valence-electron chi connectivity index (χ0n) is 35.8. The fourth-order valence-corrected chi connectivity index (χ4v) is 8.17. The summed E-state index contributed by atoms with van der Waals surface area (Å²) in [6, 6.07) is 24.4. The molecule has 0 bridgehead atoms. The van der Waals surface area contributed by atoms with Crippen LogP contribution >= 0.6 is 11.8 Å². The van der Waals surface area contributed by atoms with Crippen molar-refractivity contribution in [1.82, 2.24) is 10.3 Å². The molecule has 0 saturated carbocycles. The third-order valence-electron chi connectivity index (χ3n) is 11.1. The Labute approximate surface area is 362 Å². The number of nitrogens with one attached hydrogen (secondary N) is 1. The molecule has 6 rings (SSSR count). The molecule has 1 saturated heterocycles. The quantitative estimate of drug-likeness (QED) is 0.0478. The van der Waals surface area contributed by atoms with Gasteiger partial charge in [-0.2, -0.15) is 4.98 Å². The number of imide groups is 1. The normalized spacial score (nSPS) is 16.8. The molecule has 324 valence electrons. The van der Waals surface area contributed by atoms with Crippen molar-refractivity contribution >= 4 is 40.4 Å². The molecule has 1 fully saturated rings. The van der Waals surface area contributed by atoms with Crippen LogP contribution in [0.1, 0.15) is 84.3 Å². The van der Waals surface area contributed by atoms with Gasteiger partial charge in [-0.3, -0.25) is 14.9 Å². The van der Waals surface area contributed by atoms with Crippen molar-refractivity contribution in [3.05, 3.63) is 118 Å². The lowest BCUT2D eigenvalue weighted by molar-refractivity contribution is -0.118. The van der Waals surface area contributed by atoms with Crippen molar-refractivity contribution < 1.29 is 43.3 Å². The molecule has 0 radical (unpaired) electrons. The lowest BCUT2D eigenvalue weighted by atomic mass is 9.62. The fraction of sp³-hybridized carbons (Fsp3) is 0.426. The number of amides is 2. The Morgan fingerprint density at radius 2 is 1.48 bits per heavy atom. The lowest BCUT2D eigenvalue weighted by Crippen LogP contribution is -2.34. The molecule has 4 aromatic rings. The Bertz CT molecular complexity index is 2190. The number of aromatic nitrogens is 1. The van der Waals surface area contributed by atoms with Crippen molar-refractivity contribution in [1.29, 1.82) is 0 Å². The number of hydrogen-bond acceptors (Lipinski definition) is 12. The summed E-state index contributed by atoms with van der Waals surface area (Å²) < 4.78 is 23.2. The molecule has 13 nitrogen and oxygen atoms in total. The van der Waals surface area contributed by atoms with Gasteiger partial charge >= 0.3 is 5.97 Å². The Hall–Kier alpha value is -5.44. The zero-order valence-corrected chi connectivity index (χ0v) is 36.6. The number of aromatic carboxylic acids is 1. The number of carbonyl (C=O) groups is 3. The minimum atomic E-state index is -0.981. The van der Waals surface area contributed by atoms with E-state index in [2.05, 4.69) is 62.2 Å². The number of carboxylic acids is 1. The van der Waals surface area contributed by atoms with E-state index in [0.29, 0.717) is 69.9 Å². The van der Waals surface area contributed by atoms with Gasteiger partial charge in [-0.25, -0.2) is 4.79 Å². The molecule has 1 unspecified atom stereocenters. The van der Waals surface area contributed by atoms with Gasteiger partial charge in [0.1, 0.15) is 37.1 Å².